The lowest BCUT2D eigenvalue weighted by Gasteiger charge is -2.34. The zero-order chi connectivity index (χ0) is 19.9. The quantitative estimate of drug-likeness (QED) is 0.794. The fraction of sp³-hybridized carbons (Fsp3) is 0.591. The number of nitrogens with zero attached hydrogens (tertiary/aromatic N) is 4. The van der Waals surface area contributed by atoms with Crippen molar-refractivity contribution in [3.8, 4) is 0 Å². The molecule has 4 rings (SSSR count). The number of carbonyl (C=O) groups excluding carboxylic acids is 1. The van der Waals surface area contributed by atoms with Gasteiger partial charge in [0.1, 0.15) is 17.3 Å². The highest BCUT2D eigenvalue weighted by Crippen LogP contribution is 2.40. The number of anilines is 2. The minimum Gasteiger partial charge on any atom is -0.469 e. The predicted octanol–water partition coefficient (Wildman–Crippen LogP) is 4.17. The van der Waals surface area contributed by atoms with Gasteiger partial charge in [0.2, 0.25) is 5.91 Å². The summed E-state index contributed by atoms with van der Waals surface area (Å²) in [4.78, 5) is 26.7. The molecule has 150 valence electrons. The van der Waals surface area contributed by atoms with Crippen LogP contribution in [-0.4, -0.2) is 35.5 Å². The third-order valence-electron chi connectivity index (χ3n) is 6.17. The number of hydrogen-bond acceptors (Lipinski definition) is 5. The second kappa shape index (κ2) is 7.22. The van der Waals surface area contributed by atoms with Crippen LogP contribution >= 0.6 is 0 Å². The van der Waals surface area contributed by atoms with Gasteiger partial charge in [-0.3, -0.25) is 4.79 Å². The first-order valence-corrected chi connectivity index (χ1v) is 10.3. The molecule has 0 radical (unpaired) electrons. The molecule has 0 saturated heterocycles. The average molecular weight is 383 g/mol. The van der Waals surface area contributed by atoms with E-state index in [1.54, 1.807) is 11.2 Å². The molecule has 0 spiro atoms. The Labute approximate surface area is 167 Å². The van der Waals surface area contributed by atoms with Gasteiger partial charge in [-0.25, -0.2) is 9.97 Å². The Morgan fingerprint density at radius 3 is 2.75 bits per heavy atom. The standard InChI is InChI=1S/C22H30N4O2/c1-15(18-10-7-11-28-18)12-19-23-13-17-20(24-19)26(16-8-5-6-9-16)14-22(2,3)21(27)25(17)4/h7,10-11,13,15-16H,5-6,8-9,12,14H2,1-4H3. The van der Waals surface area contributed by atoms with Gasteiger partial charge in [0.25, 0.3) is 0 Å². The topological polar surface area (TPSA) is 62.5 Å². The number of fused-ring (bicyclic) bond motifs is 1. The molecular formula is C22H30N4O2. The Balaban J connectivity index is 1.71. The van der Waals surface area contributed by atoms with E-state index < -0.39 is 5.41 Å². The Bertz CT molecular complexity index is 840. The molecule has 0 aromatic carbocycles. The summed E-state index contributed by atoms with van der Waals surface area (Å²) in [5.41, 5.74) is 0.358. The van der Waals surface area contributed by atoms with E-state index in [2.05, 4.69) is 16.8 Å². The van der Waals surface area contributed by atoms with E-state index in [0.29, 0.717) is 19.0 Å². The molecule has 3 heterocycles. The Morgan fingerprint density at radius 2 is 2.07 bits per heavy atom. The molecule has 6 heteroatoms. The van der Waals surface area contributed by atoms with Gasteiger partial charge in [-0.2, -0.15) is 0 Å². The van der Waals surface area contributed by atoms with Crippen LogP contribution < -0.4 is 9.80 Å². The molecule has 2 aromatic heterocycles. The van der Waals surface area contributed by atoms with Gasteiger partial charge in [0.15, 0.2) is 5.82 Å². The maximum atomic E-state index is 13.0. The van der Waals surface area contributed by atoms with E-state index in [-0.39, 0.29) is 11.8 Å². The van der Waals surface area contributed by atoms with Gasteiger partial charge in [0.05, 0.1) is 17.9 Å². The highest BCUT2D eigenvalue weighted by Gasteiger charge is 2.41. The van der Waals surface area contributed by atoms with E-state index in [0.717, 1.165) is 35.9 Å². The number of furan rings is 1. The van der Waals surface area contributed by atoms with E-state index in [4.69, 9.17) is 9.40 Å². The first-order valence-electron chi connectivity index (χ1n) is 10.3. The van der Waals surface area contributed by atoms with Crippen LogP contribution in [0.2, 0.25) is 0 Å². The van der Waals surface area contributed by atoms with Crippen LogP contribution in [0, 0.1) is 5.41 Å². The van der Waals surface area contributed by atoms with Crippen molar-refractivity contribution in [2.75, 3.05) is 23.4 Å². The minimum absolute atomic E-state index is 0.120. The fourth-order valence-electron chi connectivity index (χ4n) is 4.54. The van der Waals surface area contributed by atoms with Crippen LogP contribution in [-0.2, 0) is 11.2 Å². The summed E-state index contributed by atoms with van der Waals surface area (Å²) >= 11 is 0. The Hall–Kier alpha value is -2.37. The average Bonchev–Trinajstić information content (AvgIpc) is 3.37. The summed E-state index contributed by atoms with van der Waals surface area (Å²) in [6.07, 6.45) is 9.05. The summed E-state index contributed by atoms with van der Waals surface area (Å²) < 4.78 is 5.54. The predicted molar refractivity (Wildman–Crippen MR) is 110 cm³/mol. The van der Waals surface area contributed by atoms with E-state index in [9.17, 15) is 4.79 Å². The van der Waals surface area contributed by atoms with Gasteiger partial charge in [-0.05, 0) is 38.8 Å². The minimum atomic E-state index is -0.459. The summed E-state index contributed by atoms with van der Waals surface area (Å²) in [5.74, 6) is 2.97. The molecule has 0 bridgehead atoms. The molecule has 1 unspecified atom stereocenters. The Morgan fingerprint density at radius 1 is 1.32 bits per heavy atom. The summed E-state index contributed by atoms with van der Waals surface area (Å²) in [7, 11) is 1.84. The maximum Gasteiger partial charge on any atom is 0.234 e. The number of amides is 1. The number of aromatic nitrogens is 2. The van der Waals surface area contributed by atoms with Gasteiger partial charge < -0.3 is 14.2 Å². The molecule has 1 atom stereocenters. The Kier molecular flexibility index (Phi) is 4.89. The van der Waals surface area contributed by atoms with Crippen LogP contribution in [0.25, 0.3) is 0 Å². The highest BCUT2D eigenvalue weighted by atomic mass is 16.3. The van der Waals surface area contributed by atoms with Crippen molar-refractivity contribution in [3.05, 3.63) is 36.2 Å². The van der Waals surface area contributed by atoms with Gasteiger partial charge in [0, 0.05) is 32.0 Å². The first kappa shape index (κ1) is 19.0. The fourth-order valence-corrected chi connectivity index (χ4v) is 4.54. The van der Waals surface area contributed by atoms with Gasteiger partial charge in [-0.1, -0.05) is 19.8 Å². The largest absolute Gasteiger partial charge is 0.469 e. The van der Waals surface area contributed by atoms with E-state index in [1.807, 2.05) is 39.2 Å². The smallest absolute Gasteiger partial charge is 0.234 e. The van der Waals surface area contributed by atoms with Crippen LogP contribution in [0.5, 0.6) is 0 Å². The number of carbonyl (C=O) groups is 1. The third-order valence-corrected chi connectivity index (χ3v) is 6.17. The van der Waals surface area contributed by atoms with Crippen LogP contribution in [0.15, 0.2) is 29.0 Å². The molecule has 1 amide bonds. The van der Waals surface area contributed by atoms with E-state index in [1.165, 1.54) is 12.8 Å². The highest BCUT2D eigenvalue weighted by molar-refractivity contribution is 6.00. The molecule has 6 nitrogen and oxygen atoms in total. The molecule has 1 saturated carbocycles. The second-order valence-electron chi connectivity index (χ2n) is 8.93. The van der Waals surface area contributed by atoms with Gasteiger partial charge >= 0.3 is 0 Å². The molecule has 1 fully saturated rings. The normalized spacial score (nSPS) is 20.9. The van der Waals surface area contributed by atoms with Crippen molar-refractivity contribution >= 4 is 17.4 Å². The van der Waals surface area contributed by atoms with Crippen molar-refractivity contribution in [2.24, 2.45) is 5.41 Å². The molecule has 0 N–H and O–H groups in total. The monoisotopic (exact) mass is 382 g/mol. The molecular weight excluding hydrogens is 352 g/mol. The summed E-state index contributed by atoms with van der Waals surface area (Å²) in [6, 6.07) is 4.35. The molecule has 28 heavy (non-hydrogen) atoms. The summed E-state index contributed by atoms with van der Waals surface area (Å²) in [5, 5.41) is 0. The maximum absolute atomic E-state index is 13.0. The lowest BCUT2D eigenvalue weighted by atomic mass is 9.91. The molecule has 1 aliphatic heterocycles. The van der Waals surface area contributed by atoms with Crippen molar-refractivity contribution in [3.63, 3.8) is 0 Å². The molecule has 2 aromatic rings. The van der Waals surface area contributed by atoms with Gasteiger partial charge in [-0.15, -0.1) is 0 Å². The number of hydrogen-bond donors (Lipinski definition) is 0. The zero-order valence-electron chi connectivity index (χ0n) is 17.3. The van der Waals surface area contributed by atoms with Crippen molar-refractivity contribution in [2.45, 2.75) is 64.8 Å². The lowest BCUT2D eigenvalue weighted by Crippen LogP contribution is -2.45. The first-order chi connectivity index (χ1) is 13.4. The molecule has 2 aliphatic rings. The van der Waals surface area contributed by atoms with Crippen molar-refractivity contribution in [1.82, 2.24) is 9.97 Å². The van der Waals surface area contributed by atoms with Crippen LogP contribution in [0.1, 0.15) is 64.0 Å². The van der Waals surface area contributed by atoms with Crippen molar-refractivity contribution in [1.29, 1.82) is 0 Å². The lowest BCUT2D eigenvalue weighted by molar-refractivity contribution is -0.125. The van der Waals surface area contributed by atoms with Crippen LogP contribution in [0.3, 0.4) is 0 Å². The SMILES string of the molecule is CC(Cc1ncc2c(n1)N(C1CCCC1)CC(C)(C)C(=O)N2C)c1ccco1. The van der Waals surface area contributed by atoms with Crippen molar-refractivity contribution < 1.29 is 9.21 Å². The number of rotatable bonds is 4. The van der Waals surface area contributed by atoms with E-state index >= 15 is 0 Å². The third kappa shape index (κ3) is 3.40. The molecule has 1 aliphatic carbocycles. The van der Waals surface area contributed by atoms with Crippen LogP contribution in [0.4, 0.5) is 11.5 Å². The zero-order valence-corrected chi connectivity index (χ0v) is 17.3. The second-order valence-corrected chi connectivity index (χ2v) is 8.93. The summed E-state index contributed by atoms with van der Waals surface area (Å²) in [6.45, 7) is 6.89.